The molecule has 0 saturated heterocycles. The predicted octanol–water partition coefficient (Wildman–Crippen LogP) is 1.71. The van der Waals surface area contributed by atoms with Gasteiger partial charge in [0.1, 0.15) is 6.61 Å². The Labute approximate surface area is 96.8 Å². The highest BCUT2D eigenvalue weighted by Gasteiger charge is 2.05. The standard InChI is InChI=1S/C10H11N3O2S/c1-14-7-4-2-3-5-8(7)15-6-9-12-13-10(11)16-9/h2-5H,6H2,1H3,(H2,11,13). The van der Waals surface area contributed by atoms with Gasteiger partial charge in [-0.05, 0) is 12.1 Å². The fraction of sp³-hybridized carbons (Fsp3) is 0.200. The van der Waals surface area contributed by atoms with E-state index in [-0.39, 0.29) is 0 Å². The molecule has 0 bridgehead atoms. The number of benzene rings is 1. The lowest BCUT2D eigenvalue weighted by molar-refractivity contribution is 0.283. The second-order valence-electron chi connectivity index (χ2n) is 2.97. The molecule has 0 unspecified atom stereocenters. The average Bonchev–Trinajstić information content (AvgIpc) is 2.73. The number of anilines is 1. The lowest BCUT2D eigenvalue weighted by Crippen LogP contribution is -1.97. The molecule has 0 amide bonds. The second kappa shape index (κ2) is 4.80. The van der Waals surface area contributed by atoms with Crippen LogP contribution in [-0.2, 0) is 6.61 Å². The Morgan fingerprint density at radius 2 is 2.00 bits per heavy atom. The number of methoxy groups -OCH3 is 1. The molecule has 2 aromatic rings. The van der Waals surface area contributed by atoms with E-state index in [0.717, 1.165) is 5.01 Å². The van der Waals surface area contributed by atoms with Crippen molar-refractivity contribution in [2.75, 3.05) is 12.8 Å². The highest BCUT2D eigenvalue weighted by Crippen LogP contribution is 2.27. The van der Waals surface area contributed by atoms with Crippen LogP contribution in [0, 0.1) is 0 Å². The summed E-state index contributed by atoms with van der Waals surface area (Å²) in [6, 6.07) is 7.44. The first kappa shape index (κ1) is 10.7. The molecule has 0 atom stereocenters. The van der Waals surface area contributed by atoms with E-state index in [4.69, 9.17) is 15.2 Å². The Hall–Kier alpha value is -1.82. The van der Waals surface area contributed by atoms with Crippen molar-refractivity contribution in [2.24, 2.45) is 0 Å². The number of aromatic nitrogens is 2. The van der Waals surface area contributed by atoms with Gasteiger partial charge < -0.3 is 15.2 Å². The quantitative estimate of drug-likeness (QED) is 0.876. The Morgan fingerprint density at radius 3 is 2.62 bits per heavy atom. The highest BCUT2D eigenvalue weighted by atomic mass is 32.1. The summed E-state index contributed by atoms with van der Waals surface area (Å²) >= 11 is 1.31. The molecule has 0 fully saturated rings. The molecule has 0 aliphatic carbocycles. The second-order valence-corrected chi connectivity index (χ2v) is 4.07. The molecule has 2 rings (SSSR count). The minimum Gasteiger partial charge on any atom is -0.493 e. The summed E-state index contributed by atoms with van der Waals surface area (Å²) in [7, 11) is 1.60. The van der Waals surface area contributed by atoms with Crippen LogP contribution in [-0.4, -0.2) is 17.3 Å². The third kappa shape index (κ3) is 2.40. The largest absolute Gasteiger partial charge is 0.493 e. The third-order valence-electron chi connectivity index (χ3n) is 1.90. The minimum atomic E-state index is 0.342. The Balaban J connectivity index is 2.04. The van der Waals surface area contributed by atoms with Crippen molar-refractivity contribution in [3.8, 4) is 11.5 Å². The fourth-order valence-corrected chi connectivity index (χ4v) is 1.73. The maximum absolute atomic E-state index is 5.55. The van der Waals surface area contributed by atoms with E-state index in [1.807, 2.05) is 24.3 Å². The van der Waals surface area contributed by atoms with Gasteiger partial charge in [0.05, 0.1) is 7.11 Å². The van der Waals surface area contributed by atoms with E-state index >= 15 is 0 Å². The van der Waals surface area contributed by atoms with E-state index < -0.39 is 0 Å². The molecule has 6 heteroatoms. The van der Waals surface area contributed by atoms with Crippen molar-refractivity contribution in [1.29, 1.82) is 0 Å². The van der Waals surface area contributed by atoms with Gasteiger partial charge in [0.25, 0.3) is 0 Å². The summed E-state index contributed by atoms with van der Waals surface area (Å²) in [5, 5.41) is 8.75. The Bertz CT molecular complexity index is 473. The molecule has 0 aliphatic heterocycles. The zero-order valence-electron chi connectivity index (χ0n) is 8.71. The van der Waals surface area contributed by atoms with Crippen molar-refractivity contribution >= 4 is 16.5 Å². The lowest BCUT2D eigenvalue weighted by Gasteiger charge is -2.08. The van der Waals surface area contributed by atoms with E-state index in [0.29, 0.717) is 23.2 Å². The highest BCUT2D eigenvalue weighted by molar-refractivity contribution is 7.15. The molecule has 0 spiro atoms. The van der Waals surface area contributed by atoms with Gasteiger partial charge in [-0.25, -0.2) is 0 Å². The van der Waals surface area contributed by atoms with Gasteiger partial charge in [-0.15, -0.1) is 10.2 Å². The topological polar surface area (TPSA) is 70.3 Å². The molecule has 2 N–H and O–H groups in total. The van der Waals surface area contributed by atoms with Crippen LogP contribution in [0.5, 0.6) is 11.5 Å². The minimum absolute atomic E-state index is 0.342. The SMILES string of the molecule is COc1ccccc1OCc1nnc(N)s1. The Kier molecular flexibility index (Phi) is 3.21. The normalized spacial score (nSPS) is 10.1. The smallest absolute Gasteiger partial charge is 0.203 e. The van der Waals surface area contributed by atoms with E-state index in [1.165, 1.54) is 11.3 Å². The number of rotatable bonds is 4. The van der Waals surface area contributed by atoms with Crippen molar-refractivity contribution in [3.63, 3.8) is 0 Å². The molecule has 1 aromatic carbocycles. The zero-order chi connectivity index (χ0) is 11.4. The van der Waals surface area contributed by atoms with Crippen LogP contribution in [0.4, 0.5) is 5.13 Å². The van der Waals surface area contributed by atoms with E-state index in [9.17, 15) is 0 Å². The van der Waals surface area contributed by atoms with Crippen LogP contribution in [0.2, 0.25) is 0 Å². The van der Waals surface area contributed by atoms with Gasteiger partial charge in [-0.3, -0.25) is 0 Å². The lowest BCUT2D eigenvalue weighted by atomic mass is 10.3. The first-order chi connectivity index (χ1) is 7.79. The molecule has 5 nitrogen and oxygen atoms in total. The summed E-state index contributed by atoms with van der Waals surface area (Å²) in [5.74, 6) is 1.37. The molecule has 0 aliphatic rings. The number of para-hydroxylation sites is 2. The number of nitrogen functional groups attached to an aromatic ring is 1. The molecule has 1 aromatic heterocycles. The first-order valence-electron chi connectivity index (χ1n) is 4.63. The van der Waals surface area contributed by atoms with Gasteiger partial charge in [0.15, 0.2) is 16.5 Å². The number of ether oxygens (including phenoxy) is 2. The van der Waals surface area contributed by atoms with Crippen LogP contribution in [0.3, 0.4) is 0 Å². The molecule has 0 radical (unpaired) electrons. The van der Waals surface area contributed by atoms with Crippen LogP contribution < -0.4 is 15.2 Å². The average molecular weight is 237 g/mol. The fourth-order valence-electron chi connectivity index (χ4n) is 1.20. The molecular weight excluding hydrogens is 226 g/mol. The number of hydrogen-bond donors (Lipinski definition) is 1. The van der Waals surface area contributed by atoms with Gasteiger partial charge in [0, 0.05) is 0 Å². The third-order valence-corrected chi connectivity index (χ3v) is 2.63. The predicted molar refractivity (Wildman–Crippen MR) is 61.6 cm³/mol. The zero-order valence-corrected chi connectivity index (χ0v) is 9.53. The van der Waals surface area contributed by atoms with E-state index in [2.05, 4.69) is 10.2 Å². The van der Waals surface area contributed by atoms with Crippen molar-refractivity contribution in [2.45, 2.75) is 6.61 Å². The van der Waals surface area contributed by atoms with Crippen molar-refractivity contribution in [1.82, 2.24) is 10.2 Å². The van der Waals surface area contributed by atoms with Gasteiger partial charge >= 0.3 is 0 Å². The monoisotopic (exact) mass is 237 g/mol. The number of nitrogens with zero attached hydrogens (tertiary/aromatic N) is 2. The van der Waals surface area contributed by atoms with Gasteiger partial charge in [-0.1, -0.05) is 23.5 Å². The molecule has 0 saturated carbocycles. The number of nitrogens with two attached hydrogens (primary N) is 1. The summed E-state index contributed by atoms with van der Waals surface area (Å²) in [5.41, 5.74) is 5.47. The molecule has 1 heterocycles. The van der Waals surface area contributed by atoms with Crippen molar-refractivity contribution in [3.05, 3.63) is 29.3 Å². The number of hydrogen-bond acceptors (Lipinski definition) is 6. The maximum Gasteiger partial charge on any atom is 0.203 e. The van der Waals surface area contributed by atoms with Crippen LogP contribution in [0.25, 0.3) is 0 Å². The van der Waals surface area contributed by atoms with Gasteiger partial charge in [-0.2, -0.15) is 0 Å². The summed E-state index contributed by atoms with van der Waals surface area (Å²) in [6.07, 6.45) is 0. The van der Waals surface area contributed by atoms with E-state index in [1.54, 1.807) is 7.11 Å². The molecule has 84 valence electrons. The van der Waals surface area contributed by atoms with Crippen LogP contribution >= 0.6 is 11.3 Å². The maximum atomic E-state index is 5.55. The summed E-state index contributed by atoms with van der Waals surface area (Å²) in [6.45, 7) is 0.342. The molecular formula is C10H11N3O2S. The summed E-state index contributed by atoms with van der Waals surface area (Å²) in [4.78, 5) is 0. The van der Waals surface area contributed by atoms with Crippen molar-refractivity contribution < 1.29 is 9.47 Å². The Morgan fingerprint density at radius 1 is 1.25 bits per heavy atom. The van der Waals surface area contributed by atoms with Crippen LogP contribution in [0.15, 0.2) is 24.3 Å². The van der Waals surface area contributed by atoms with Gasteiger partial charge in [0.2, 0.25) is 5.13 Å². The first-order valence-corrected chi connectivity index (χ1v) is 5.45. The molecule has 16 heavy (non-hydrogen) atoms. The summed E-state index contributed by atoms with van der Waals surface area (Å²) < 4.78 is 10.7. The van der Waals surface area contributed by atoms with Crippen LogP contribution in [0.1, 0.15) is 5.01 Å².